The van der Waals surface area contributed by atoms with Gasteiger partial charge in [0.15, 0.2) is 6.61 Å². The van der Waals surface area contributed by atoms with Gasteiger partial charge in [-0.15, -0.1) is 0 Å². The fourth-order valence-corrected chi connectivity index (χ4v) is 2.84. The molecule has 0 radical (unpaired) electrons. The third kappa shape index (κ3) is 5.76. The van der Waals surface area contributed by atoms with Gasteiger partial charge in [-0.25, -0.2) is 5.43 Å². The molecule has 2 aromatic carbocycles. The second-order valence-electron chi connectivity index (χ2n) is 6.96. The van der Waals surface area contributed by atoms with E-state index in [4.69, 9.17) is 4.74 Å². The molecule has 0 spiro atoms. The Labute approximate surface area is 181 Å². The Morgan fingerprint density at radius 2 is 1.84 bits per heavy atom. The molecular weight excluding hydrogens is 392 g/mol. The number of para-hydroxylation sites is 1. The topological polar surface area (TPSA) is 92.7 Å². The molecule has 0 aliphatic carbocycles. The number of nitrogens with zero attached hydrogens (tertiary/aromatic N) is 2. The van der Waals surface area contributed by atoms with Crippen LogP contribution < -0.4 is 15.5 Å². The van der Waals surface area contributed by atoms with E-state index < -0.39 is 5.91 Å². The van der Waals surface area contributed by atoms with E-state index in [1.165, 1.54) is 0 Å². The van der Waals surface area contributed by atoms with Gasteiger partial charge < -0.3 is 10.1 Å². The lowest BCUT2D eigenvalue weighted by atomic mass is 10.1. The van der Waals surface area contributed by atoms with E-state index in [-0.39, 0.29) is 12.5 Å². The second kappa shape index (κ2) is 10.2. The van der Waals surface area contributed by atoms with Gasteiger partial charge in [0.1, 0.15) is 5.75 Å². The highest BCUT2D eigenvalue weighted by atomic mass is 16.5. The zero-order chi connectivity index (χ0) is 22.2. The lowest BCUT2D eigenvalue weighted by Gasteiger charge is -2.13. The molecule has 0 atom stereocenters. The number of pyridine rings is 1. The number of ether oxygens (including phenoxy) is 1. The maximum atomic E-state index is 12.6. The molecule has 0 aliphatic heterocycles. The highest BCUT2D eigenvalue weighted by Gasteiger charge is 2.14. The Balaban J connectivity index is 1.65. The molecule has 7 nitrogen and oxygen atoms in total. The molecule has 1 aromatic heterocycles. The van der Waals surface area contributed by atoms with Crippen molar-refractivity contribution in [2.24, 2.45) is 5.10 Å². The summed E-state index contributed by atoms with van der Waals surface area (Å²) >= 11 is 0. The first-order chi connectivity index (χ1) is 15.0. The van der Waals surface area contributed by atoms with Crippen LogP contribution in [0.25, 0.3) is 0 Å². The van der Waals surface area contributed by atoms with Gasteiger partial charge >= 0.3 is 0 Å². The van der Waals surface area contributed by atoms with E-state index in [9.17, 15) is 9.59 Å². The van der Waals surface area contributed by atoms with Gasteiger partial charge in [0.2, 0.25) is 0 Å². The maximum Gasteiger partial charge on any atom is 0.273 e. The number of hydrazone groups is 1. The lowest BCUT2D eigenvalue weighted by Crippen LogP contribution is -2.24. The average Bonchev–Trinajstić information content (AvgIpc) is 2.79. The van der Waals surface area contributed by atoms with Crippen molar-refractivity contribution in [3.05, 3.63) is 89.2 Å². The third-order valence-corrected chi connectivity index (χ3v) is 4.76. The van der Waals surface area contributed by atoms with Crippen LogP contribution in [0, 0.1) is 13.8 Å². The molecule has 31 heavy (non-hydrogen) atoms. The number of anilines is 1. The van der Waals surface area contributed by atoms with Crippen molar-refractivity contribution in [2.75, 3.05) is 11.9 Å². The molecule has 0 saturated carbocycles. The van der Waals surface area contributed by atoms with E-state index in [0.717, 1.165) is 16.7 Å². The first kappa shape index (κ1) is 21.7. The number of benzene rings is 2. The van der Waals surface area contributed by atoms with Crippen molar-refractivity contribution in [2.45, 2.75) is 20.8 Å². The minimum absolute atomic E-state index is 0.168. The van der Waals surface area contributed by atoms with Crippen LogP contribution in [0.1, 0.15) is 34.0 Å². The smallest absolute Gasteiger partial charge is 0.273 e. The molecule has 2 amide bonds. The molecular formula is C24H24N4O3. The summed E-state index contributed by atoms with van der Waals surface area (Å²) in [6.07, 6.45) is 3.33. The summed E-state index contributed by atoms with van der Waals surface area (Å²) in [6.45, 7) is 5.53. The van der Waals surface area contributed by atoms with E-state index >= 15 is 0 Å². The van der Waals surface area contributed by atoms with Crippen LogP contribution in [0.3, 0.4) is 0 Å². The zero-order valence-corrected chi connectivity index (χ0v) is 17.7. The van der Waals surface area contributed by atoms with Gasteiger partial charge in [0.25, 0.3) is 11.8 Å². The number of nitrogens with one attached hydrogen (secondary N) is 2. The van der Waals surface area contributed by atoms with Crippen LogP contribution in [0.4, 0.5) is 5.69 Å². The predicted molar refractivity (Wildman–Crippen MR) is 120 cm³/mol. The maximum absolute atomic E-state index is 12.6. The van der Waals surface area contributed by atoms with Crippen LogP contribution in [0.5, 0.6) is 5.75 Å². The first-order valence-corrected chi connectivity index (χ1v) is 9.78. The standard InChI is InChI=1S/C24H24N4O3/c1-16-8-6-12-22(17(16)2)31-15-23(29)26-21-11-5-4-10-20(21)24(30)28-27-18(3)19-9-7-13-25-14-19/h4-14H,15H2,1-3H3,(H,26,29)(H,28,30). The Morgan fingerprint density at radius 3 is 2.61 bits per heavy atom. The van der Waals surface area contributed by atoms with Gasteiger partial charge in [-0.2, -0.15) is 5.10 Å². The quantitative estimate of drug-likeness (QED) is 0.452. The van der Waals surface area contributed by atoms with E-state index in [1.54, 1.807) is 49.6 Å². The second-order valence-corrected chi connectivity index (χ2v) is 6.96. The van der Waals surface area contributed by atoms with Crippen molar-refractivity contribution in [3.8, 4) is 5.75 Å². The molecule has 7 heteroatoms. The number of carbonyl (C=O) groups is 2. The minimum Gasteiger partial charge on any atom is -0.483 e. The number of hydrogen-bond donors (Lipinski definition) is 2. The van der Waals surface area contributed by atoms with Crippen molar-refractivity contribution in [1.29, 1.82) is 0 Å². The fourth-order valence-electron chi connectivity index (χ4n) is 2.84. The summed E-state index contributed by atoms with van der Waals surface area (Å²) in [5.41, 5.74) is 6.68. The highest BCUT2D eigenvalue weighted by Crippen LogP contribution is 2.21. The number of rotatable bonds is 7. The number of carbonyl (C=O) groups excluding carboxylic acids is 2. The Morgan fingerprint density at radius 1 is 1.03 bits per heavy atom. The zero-order valence-electron chi connectivity index (χ0n) is 17.7. The van der Waals surface area contributed by atoms with E-state index in [2.05, 4.69) is 20.8 Å². The molecule has 0 bridgehead atoms. The fraction of sp³-hybridized carbons (Fsp3) is 0.167. The summed E-state index contributed by atoms with van der Waals surface area (Å²) in [5.74, 6) is -0.146. The Hall–Kier alpha value is -4.00. The Kier molecular flexibility index (Phi) is 7.11. The van der Waals surface area contributed by atoms with Crippen LogP contribution in [-0.4, -0.2) is 29.1 Å². The average molecular weight is 416 g/mol. The largest absolute Gasteiger partial charge is 0.483 e. The van der Waals surface area contributed by atoms with Crippen LogP contribution in [0.15, 0.2) is 72.1 Å². The SMILES string of the molecule is CC(=NNC(=O)c1ccccc1NC(=O)COc1cccc(C)c1C)c1cccnc1. The monoisotopic (exact) mass is 416 g/mol. The Bertz CT molecular complexity index is 1110. The summed E-state index contributed by atoms with van der Waals surface area (Å²) in [7, 11) is 0. The normalized spacial score (nSPS) is 11.0. The first-order valence-electron chi connectivity index (χ1n) is 9.78. The van der Waals surface area contributed by atoms with Crippen LogP contribution >= 0.6 is 0 Å². The predicted octanol–water partition coefficient (Wildman–Crippen LogP) is 3.87. The molecule has 158 valence electrons. The minimum atomic E-state index is -0.436. The van der Waals surface area contributed by atoms with Gasteiger partial charge in [-0.3, -0.25) is 14.6 Å². The third-order valence-electron chi connectivity index (χ3n) is 4.76. The summed E-state index contributed by atoms with van der Waals surface area (Å²) in [5, 5.41) is 6.86. The van der Waals surface area contributed by atoms with Crippen molar-refractivity contribution < 1.29 is 14.3 Å². The van der Waals surface area contributed by atoms with Gasteiger partial charge in [0, 0.05) is 18.0 Å². The molecule has 0 unspecified atom stereocenters. The molecule has 3 aromatic rings. The van der Waals surface area contributed by atoms with Gasteiger partial charge in [-0.1, -0.05) is 30.3 Å². The number of aryl methyl sites for hydroxylation is 1. The molecule has 2 N–H and O–H groups in total. The number of hydrogen-bond acceptors (Lipinski definition) is 5. The number of aromatic nitrogens is 1. The summed E-state index contributed by atoms with van der Waals surface area (Å²) < 4.78 is 5.64. The van der Waals surface area contributed by atoms with Gasteiger partial charge in [0.05, 0.1) is 17.0 Å². The van der Waals surface area contributed by atoms with Crippen molar-refractivity contribution >= 4 is 23.2 Å². The molecule has 3 rings (SSSR count). The van der Waals surface area contributed by atoms with Crippen molar-refractivity contribution in [3.63, 3.8) is 0 Å². The summed E-state index contributed by atoms with van der Waals surface area (Å²) in [4.78, 5) is 29.1. The number of amides is 2. The highest BCUT2D eigenvalue weighted by molar-refractivity contribution is 6.05. The van der Waals surface area contributed by atoms with Crippen LogP contribution in [0.2, 0.25) is 0 Å². The van der Waals surface area contributed by atoms with Gasteiger partial charge in [-0.05, 0) is 56.2 Å². The molecule has 0 aliphatic rings. The van der Waals surface area contributed by atoms with E-state index in [1.807, 2.05) is 38.1 Å². The molecule has 0 fully saturated rings. The molecule has 1 heterocycles. The summed E-state index contributed by atoms with van der Waals surface area (Å²) in [6, 6.07) is 16.0. The van der Waals surface area contributed by atoms with Crippen LogP contribution in [-0.2, 0) is 4.79 Å². The lowest BCUT2D eigenvalue weighted by molar-refractivity contribution is -0.118. The van der Waals surface area contributed by atoms with E-state index in [0.29, 0.717) is 22.7 Å². The molecule has 0 saturated heterocycles. The van der Waals surface area contributed by atoms with Crippen molar-refractivity contribution in [1.82, 2.24) is 10.4 Å².